The van der Waals surface area contributed by atoms with Crippen LogP contribution in [0.3, 0.4) is 0 Å². The van der Waals surface area contributed by atoms with Gasteiger partial charge in [0.1, 0.15) is 0 Å². The Labute approximate surface area is 144 Å². The van der Waals surface area contributed by atoms with Crippen LogP contribution < -0.4 is 10.6 Å². The molecule has 1 aromatic rings. The zero-order valence-corrected chi connectivity index (χ0v) is 14.9. The Morgan fingerprint density at radius 1 is 1.29 bits per heavy atom. The number of anilines is 1. The van der Waals surface area contributed by atoms with Gasteiger partial charge in [-0.05, 0) is 25.5 Å². The number of amides is 1. The Balaban J connectivity index is 1.91. The first-order valence-corrected chi connectivity index (χ1v) is 8.53. The second-order valence-electron chi connectivity index (χ2n) is 6.33. The lowest BCUT2D eigenvalue weighted by Gasteiger charge is -2.35. The molecule has 134 valence electrons. The molecule has 0 saturated carbocycles. The Bertz CT molecular complexity index is 514. The van der Waals surface area contributed by atoms with Crippen molar-refractivity contribution < 1.29 is 14.3 Å². The molecule has 2 rings (SSSR count). The molecule has 2 atom stereocenters. The number of hydrogen-bond acceptors (Lipinski definition) is 5. The van der Waals surface area contributed by atoms with Crippen LogP contribution in [-0.2, 0) is 20.8 Å². The van der Waals surface area contributed by atoms with E-state index in [1.165, 1.54) is 0 Å². The minimum absolute atomic E-state index is 0.0396. The van der Waals surface area contributed by atoms with E-state index in [2.05, 4.69) is 35.4 Å². The van der Waals surface area contributed by atoms with Gasteiger partial charge in [-0.1, -0.05) is 18.2 Å². The number of benzene rings is 1. The standard InChI is InChI=1S/C18H29N3O3/c1-14-11-21(12-15(2)24-14)13-16-6-4-5-7-17(16)20-18(22)10-19-8-9-23-3/h4-7,14-15,19H,8-13H2,1-3H3,(H,20,22). The molecule has 2 N–H and O–H groups in total. The number of ether oxygens (including phenoxy) is 2. The van der Waals surface area contributed by atoms with Crippen molar-refractivity contribution in [1.29, 1.82) is 0 Å². The smallest absolute Gasteiger partial charge is 0.238 e. The van der Waals surface area contributed by atoms with Gasteiger partial charge in [0.05, 0.1) is 25.4 Å². The summed E-state index contributed by atoms with van der Waals surface area (Å²) in [6.07, 6.45) is 0.473. The summed E-state index contributed by atoms with van der Waals surface area (Å²) in [6.45, 7) is 8.36. The topological polar surface area (TPSA) is 62.8 Å². The number of nitrogens with one attached hydrogen (secondary N) is 2. The first-order valence-electron chi connectivity index (χ1n) is 8.53. The predicted octanol–water partition coefficient (Wildman–Crippen LogP) is 1.47. The molecule has 6 heteroatoms. The summed E-state index contributed by atoms with van der Waals surface area (Å²) < 4.78 is 10.7. The Kier molecular flexibility index (Phi) is 7.65. The number of nitrogens with zero attached hydrogens (tertiary/aromatic N) is 1. The van der Waals surface area contributed by atoms with Crippen LogP contribution in [0.2, 0.25) is 0 Å². The number of hydrogen-bond donors (Lipinski definition) is 2. The monoisotopic (exact) mass is 335 g/mol. The molecule has 1 amide bonds. The highest BCUT2D eigenvalue weighted by Gasteiger charge is 2.22. The summed E-state index contributed by atoms with van der Waals surface area (Å²) in [5, 5.41) is 6.05. The van der Waals surface area contributed by atoms with Gasteiger partial charge in [-0.25, -0.2) is 0 Å². The van der Waals surface area contributed by atoms with Crippen molar-refractivity contribution in [1.82, 2.24) is 10.2 Å². The average Bonchev–Trinajstić information content (AvgIpc) is 2.52. The molecule has 0 aliphatic carbocycles. The molecule has 1 aliphatic heterocycles. The van der Waals surface area contributed by atoms with E-state index in [4.69, 9.17) is 9.47 Å². The van der Waals surface area contributed by atoms with E-state index in [0.717, 1.165) is 30.9 Å². The highest BCUT2D eigenvalue weighted by molar-refractivity contribution is 5.92. The number of para-hydroxylation sites is 1. The van der Waals surface area contributed by atoms with Gasteiger partial charge in [0.15, 0.2) is 0 Å². The largest absolute Gasteiger partial charge is 0.383 e. The van der Waals surface area contributed by atoms with Crippen molar-refractivity contribution in [3.63, 3.8) is 0 Å². The summed E-state index contributed by atoms with van der Waals surface area (Å²) in [7, 11) is 1.64. The Morgan fingerprint density at radius 2 is 2.00 bits per heavy atom. The maximum Gasteiger partial charge on any atom is 0.238 e. The lowest BCUT2D eigenvalue weighted by atomic mass is 10.1. The van der Waals surface area contributed by atoms with Crippen LogP contribution in [-0.4, -0.2) is 62.9 Å². The van der Waals surface area contributed by atoms with Crippen LogP contribution in [0.15, 0.2) is 24.3 Å². The van der Waals surface area contributed by atoms with Crippen LogP contribution in [0.5, 0.6) is 0 Å². The van der Waals surface area contributed by atoms with Crippen molar-refractivity contribution in [2.24, 2.45) is 0 Å². The highest BCUT2D eigenvalue weighted by Crippen LogP contribution is 2.20. The van der Waals surface area contributed by atoms with Gasteiger partial charge in [-0.3, -0.25) is 9.69 Å². The molecule has 1 aliphatic rings. The fourth-order valence-corrected chi connectivity index (χ4v) is 3.01. The number of methoxy groups -OCH3 is 1. The van der Waals surface area contributed by atoms with E-state index in [0.29, 0.717) is 13.2 Å². The fourth-order valence-electron chi connectivity index (χ4n) is 3.01. The molecule has 6 nitrogen and oxygen atoms in total. The van der Waals surface area contributed by atoms with E-state index >= 15 is 0 Å². The highest BCUT2D eigenvalue weighted by atomic mass is 16.5. The summed E-state index contributed by atoms with van der Waals surface area (Å²) in [4.78, 5) is 14.5. The number of morpholine rings is 1. The second kappa shape index (κ2) is 9.74. The van der Waals surface area contributed by atoms with Crippen LogP contribution in [0.25, 0.3) is 0 Å². The van der Waals surface area contributed by atoms with Gasteiger partial charge in [-0.2, -0.15) is 0 Å². The molecule has 24 heavy (non-hydrogen) atoms. The molecule has 1 saturated heterocycles. The van der Waals surface area contributed by atoms with Crippen molar-refractivity contribution in [3.8, 4) is 0 Å². The fraction of sp³-hybridized carbons (Fsp3) is 0.611. The van der Waals surface area contributed by atoms with Gasteiger partial charge in [0.2, 0.25) is 5.91 Å². The van der Waals surface area contributed by atoms with E-state index in [1.807, 2.05) is 18.2 Å². The van der Waals surface area contributed by atoms with Crippen molar-refractivity contribution >= 4 is 11.6 Å². The van der Waals surface area contributed by atoms with Crippen LogP contribution in [0.1, 0.15) is 19.4 Å². The molecule has 0 bridgehead atoms. The van der Waals surface area contributed by atoms with Gasteiger partial charge in [0.25, 0.3) is 0 Å². The van der Waals surface area contributed by atoms with Crippen molar-refractivity contribution in [3.05, 3.63) is 29.8 Å². The van der Waals surface area contributed by atoms with Crippen molar-refractivity contribution in [2.45, 2.75) is 32.6 Å². The van der Waals surface area contributed by atoms with E-state index in [-0.39, 0.29) is 24.7 Å². The Morgan fingerprint density at radius 3 is 2.71 bits per heavy atom. The maximum absolute atomic E-state index is 12.1. The second-order valence-corrected chi connectivity index (χ2v) is 6.33. The molecule has 0 spiro atoms. The average molecular weight is 335 g/mol. The summed E-state index contributed by atoms with van der Waals surface area (Å²) in [5.41, 5.74) is 2.01. The first kappa shape index (κ1) is 18.9. The lowest BCUT2D eigenvalue weighted by Crippen LogP contribution is -2.44. The predicted molar refractivity (Wildman–Crippen MR) is 95.1 cm³/mol. The van der Waals surface area contributed by atoms with Gasteiger partial charge < -0.3 is 20.1 Å². The van der Waals surface area contributed by atoms with E-state index in [9.17, 15) is 4.79 Å². The van der Waals surface area contributed by atoms with Crippen LogP contribution in [0.4, 0.5) is 5.69 Å². The van der Waals surface area contributed by atoms with Gasteiger partial charge >= 0.3 is 0 Å². The lowest BCUT2D eigenvalue weighted by molar-refractivity contribution is -0.115. The molecule has 0 aromatic heterocycles. The summed E-state index contributed by atoms with van der Waals surface area (Å²) >= 11 is 0. The molecule has 1 fully saturated rings. The SMILES string of the molecule is COCCNCC(=O)Nc1ccccc1CN1CC(C)OC(C)C1. The summed E-state index contributed by atoms with van der Waals surface area (Å²) in [5.74, 6) is -0.0396. The third-order valence-electron chi connectivity index (χ3n) is 3.95. The van der Waals surface area contributed by atoms with Gasteiger partial charge in [0, 0.05) is 39.0 Å². The molecule has 0 radical (unpaired) electrons. The third kappa shape index (κ3) is 6.20. The zero-order chi connectivity index (χ0) is 17.4. The Hall–Kier alpha value is -1.47. The minimum Gasteiger partial charge on any atom is -0.383 e. The van der Waals surface area contributed by atoms with Crippen LogP contribution in [0, 0.1) is 0 Å². The van der Waals surface area contributed by atoms with E-state index < -0.39 is 0 Å². The molecular weight excluding hydrogens is 306 g/mol. The van der Waals surface area contributed by atoms with Crippen LogP contribution >= 0.6 is 0 Å². The molecular formula is C18H29N3O3. The van der Waals surface area contributed by atoms with Gasteiger partial charge in [-0.15, -0.1) is 0 Å². The first-order chi connectivity index (χ1) is 11.6. The normalized spacial score (nSPS) is 21.6. The minimum atomic E-state index is -0.0396. The molecule has 1 heterocycles. The maximum atomic E-state index is 12.1. The summed E-state index contributed by atoms with van der Waals surface area (Å²) in [6, 6.07) is 7.98. The number of carbonyl (C=O) groups is 1. The number of carbonyl (C=O) groups excluding carboxylic acids is 1. The quantitative estimate of drug-likeness (QED) is 0.705. The number of rotatable bonds is 8. The molecule has 1 aromatic carbocycles. The zero-order valence-electron chi connectivity index (χ0n) is 14.9. The van der Waals surface area contributed by atoms with E-state index in [1.54, 1.807) is 7.11 Å². The van der Waals surface area contributed by atoms with Crippen molar-refractivity contribution in [2.75, 3.05) is 45.2 Å². The third-order valence-corrected chi connectivity index (χ3v) is 3.95. The molecule has 2 unspecified atom stereocenters.